The molecule has 0 radical (unpaired) electrons. The van der Waals surface area contributed by atoms with Gasteiger partial charge >= 0.3 is 0 Å². The molecule has 0 aromatic carbocycles. The minimum atomic E-state index is 0.455. The molecule has 1 aliphatic heterocycles. The Bertz CT molecular complexity index is 257. The topological polar surface area (TPSA) is 21.5 Å². The van der Waals surface area contributed by atoms with Crippen molar-refractivity contribution < 1.29 is 9.69 Å². The Kier molecular flexibility index (Phi) is 2.55. The largest absolute Gasteiger partial charge is 0.332 e. The van der Waals surface area contributed by atoms with E-state index in [-0.39, 0.29) is 0 Å². The van der Waals surface area contributed by atoms with Gasteiger partial charge < -0.3 is 4.90 Å². The van der Waals surface area contributed by atoms with Crippen molar-refractivity contribution in [2.75, 3.05) is 13.1 Å². The lowest BCUT2D eigenvalue weighted by molar-refractivity contribution is -0.933. The maximum Gasteiger partial charge on any atom is 0.144 e. The van der Waals surface area contributed by atoms with E-state index in [1.807, 2.05) is 0 Å². The molecule has 1 heterocycles. The molecule has 3 atom stereocenters. The quantitative estimate of drug-likeness (QED) is 0.677. The number of piperidine rings is 1. The number of ketones is 1. The van der Waals surface area contributed by atoms with E-state index in [1.54, 1.807) is 4.90 Å². The number of nitrogens with one attached hydrogen (secondary N) is 1. The van der Waals surface area contributed by atoms with E-state index in [1.165, 1.54) is 58.0 Å². The van der Waals surface area contributed by atoms with Crippen LogP contribution in [-0.2, 0) is 4.79 Å². The molecule has 2 aliphatic carbocycles. The van der Waals surface area contributed by atoms with Crippen LogP contribution in [0.4, 0.5) is 0 Å². The second-order valence-corrected chi connectivity index (χ2v) is 5.69. The van der Waals surface area contributed by atoms with Crippen LogP contribution in [-0.4, -0.2) is 24.9 Å². The first kappa shape index (κ1) is 9.83. The van der Waals surface area contributed by atoms with Crippen LogP contribution in [0.1, 0.15) is 44.9 Å². The van der Waals surface area contributed by atoms with Crippen molar-refractivity contribution in [3.63, 3.8) is 0 Å². The van der Waals surface area contributed by atoms with Crippen LogP contribution in [0.15, 0.2) is 0 Å². The van der Waals surface area contributed by atoms with Gasteiger partial charge in [0.05, 0.1) is 25.0 Å². The summed E-state index contributed by atoms with van der Waals surface area (Å²) in [6.07, 6.45) is 9.12. The van der Waals surface area contributed by atoms with Crippen molar-refractivity contribution in [3.05, 3.63) is 0 Å². The lowest BCUT2D eigenvalue weighted by Crippen LogP contribution is -3.17. The molecule has 2 heteroatoms. The van der Waals surface area contributed by atoms with Gasteiger partial charge in [0.25, 0.3) is 0 Å². The van der Waals surface area contributed by atoms with Crippen molar-refractivity contribution in [1.82, 2.24) is 0 Å². The first-order chi connectivity index (χ1) is 7.36. The van der Waals surface area contributed by atoms with E-state index >= 15 is 0 Å². The van der Waals surface area contributed by atoms with Crippen molar-refractivity contribution in [3.8, 4) is 0 Å². The molecule has 3 aliphatic rings. The van der Waals surface area contributed by atoms with Crippen LogP contribution in [0.2, 0.25) is 0 Å². The van der Waals surface area contributed by atoms with E-state index in [0.29, 0.717) is 23.7 Å². The smallest absolute Gasteiger partial charge is 0.144 e. The summed E-state index contributed by atoms with van der Waals surface area (Å²) in [5, 5.41) is 0. The summed E-state index contributed by atoms with van der Waals surface area (Å²) < 4.78 is 0. The van der Waals surface area contributed by atoms with E-state index in [9.17, 15) is 4.79 Å². The fourth-order valence-corrected chi connectivity index (χ4v) is 4.10. The maximum absolute atomic E-state index is 12.0. The zero-order valence-corrected chi connectivity index (χ0v) is 9.50. The fourth-order valence-electron chi connectivity index (χ4n) is 4.10. The third kappa shape index (κ3) is 1.63. The highest BCUT2D eigenvalue weighted by Crippen LogP contribution is 2.38. The van der Waals surface area contributed by atoms with Gasteiger partial charge in [0.1, 0.15) is 5.78 Å². The highest BCUT2D eigenvalue weighted by molar-refractivity contribution is 5.86. The van der Waals surface area contributed by atoms with Gasteiger partial charge in [-0.3, -0.25) is 4.79 Å². The molecule has 2 bridgehead atoms. The van der Waals surface area contributed by atoms with Gasteiger partial charge in [0.2, 0.25) is 0 Å². The molecule has 15 heavy (non-hydrogen) atoms. The molecule has 2 saturated carbocycles. The average molecular weight is 208 g/mol. The Morgan fingerprint density at radius 1 is 0.933 bits per heavy atom. The number of likely N-dealkylation sites (tertiary alicyclic amines) is 1. The van der Waals surface area contributed by atoms with E-state index in [0.717, 1.165) is 0 Å². The van der Waals surface area contributed by atoms with E-state index in [2.05, 4.69) is 0 Å². The molecule has 0 spiro atoms. The number of rotatable bonds is 1. The Morgan fingerprint density at radius 2 is 1.67 bits per heavy atom. The standard InChI is InChI=1S/C13H21NO/c15-13-10-4-6-11(13)12(7-5-10)14-8-2-1-3-9-14/h10-12H,1-9H2/p+1/t10-,11-,12+/m0/s1. The van der Waals surface area contributed by atoms with Crippen molar-refractivity contribution in [1.29, 1.82) is 0 Å². The number of fused-ring (bicyclic) bond motifs is 2. The number of hydrogen-bond acceptors (Lipinski definition) is 1. The third-order valence-corrected chi connectivity index (χ3v) is 4.93. The van der Waals surface area contributed by atoms with Crippen LogP contribution in [0.3, 0.4) is 0 Å². The van der Waals surface area contributed by atoms with Gasteiger partial charge in [-0.05, 0) is 38.5 Å². The summed E-state index contributed by atoms with van der Waals surface area (Å²) in [6, 6.07) is 0.705. The van der Waals surface area contributed by atoms with Crippen LogP contribution in [0.25, 0.3) is 0 Å². The van der Waals surface area contributed by atoms with Crippen molar-refractivity contribution in [2.24, 2.45) is 11.8 Å². The third-order valence-electron chi connectivity index (χ3n) is 4.93. The number of hydrogen-bond donors (Lipinski definition) is 1. The molecule has 2 nitrogen and oxygen atoms in total. The zero-order valence-electron chi connectivity index (χ0n) is 9.50. The predicted molar refractivity (Wildman–Crippen MR) is 58.8 cm³/mol. The van der Waals surface area contributed by atoms with Gasteiger partial charge in [0, 0.05) is 12.3 Å². The molecule has 0 unspecified atom stereocenters. The lowest BCUT2D eigenvalue weighted by atomic mass is 9.82. The van der Waals surface area contributed by atoms with E-state index < -0.39 is 0 Å². The molecular weight excluding hydrogens is 186 g/mol. The van der Waals surface area contributed by atoms with Crippen LogP contribution in [0.5, 0.6) is 0 Å². The highest BCUT2D eigenvalue weighted by Gasteiger charge is 2.47. The minimum absolute atomic E-state index is 0.455. The summed E-state index contributed by atoms with van der Waals surface area (Å²) >= 11 is 0. The molecule has 84 valence electrons. The molecule has 3 fully saturated rings. The average Bonchev–Trinajstić information content (AvgIpc) is 2.54. The number of carbonyl (C=O) groups excluding carboxylic acids is 1. The first-order valence-electron chi connectivity index (χ1n) is 6.74. The summed E-state index contributed by atoms with van der Waals surface area (Å²) in [5.41, 5.74) is 0. The van der Waals surface area contributed by atoms with Crippen molar-refractivity contribution in [2.45, 2.75) is 51.0 Å². The van der Waals surface area contributed by atoms with Gasteiger partial charge in [0.15, 0.2) is 0 Å². The van der Waals surface area contributed by atoms with Crippen molar-refractivity contribution >= 4 is 5.78 Å². The lowest BCUT2D eigenvalue weighted by Gasteiger charge is -2.36. The molecule has 3 rings (SSSR count). The molecular formula is C13H22NO+. The fraction of sp³-hybridized carbons (Fsp3) is 0.923. The molecule has 1 N–H and O–H groups in total. The second kappa shape index (κ2) is 3.89. The summed E-state index contributed by atoms with van der Waals surface area (Å²) in [5.74, 6) is 1.55. The normalized spacial score (nSPS) is 42.1. The zero-order chi connectivity index (χ0) is 10.3. The van der Waals surface area contributed by atoms with Gasteiger partial charge in [-0.2, -0.15) is 0 Å². The Hall–Kier alpha value is -0.370. The Morgan fingerprint density at radius 3 is 2.47 bits per heavy atom. The van der Waals surface area contributed by atoms with Crippen LogP contribution < -0.4 is 4.90 Å². The summed E-state index contributed by atoms with van der Waals surface area (Å²) in [6.45, 7) is 2.66. The SMILES string of the molecule is O=C1[C@H]2CC[C@H]1[C@H]([NH+]1CCCCC1)CC2. The van der Waals surface area contributed by atoms with Crippen LogP contribution in [0, 0.1) is 11.8 Å². The molecule has 0 aromatic heterocycles. The molecule has 0 amide bonds. The van der Waals surface area contributed by atoms with Crippen LogP contribution >= 0.6 is 0 Å². The predicted octanol–water partition coefficient (Wildman–Crippen LogP) is 0.813. The Labute approximate surface area is 92.0 Å². The van der Waals surface area contributed by atoms with E-state index in [4.69, 9.17) is 0 Å². The molecule has 0 aromatic rings. The number of quaternary nitrogens is 1. The van der Waals surface area contributed by atoms with Gasteiger partial charge in [-0.15, -0.1) is 0 Å². The van der Waals surface area contributed by atoms with Gasteiger partial charge in [-0.1, -0.05) is 0 Å². The highest BCUT2D eigenvalue weighted by atomic mass is 16.1. The maximum atomic E-state index is 12.0. The van der Waals surface area contributed by atoms with Gasteiger partial charge in [-0.25, -0.2) is 0 Å². The monoisotopic (exact) mass is 208 g/mol. The summed E-state index contributed by atoms with van der Waals surface area (Å²) in [7, 11) is 0. The Balaban J connectivity index is 1.72. The number of Topliss-reactive ketones (excluding diaryl/α,β-unsaturated/α-hetero) is 1. The molecule has 1 saturated heterocycles. The minimum Gasteiger partial charge on any atom is -0.332 e. The first-order valence-corrected chi connectivity index (χ1v) is 6.74. The second-order valence-electron chi connectivity index (χ2n) is 5.69. The summed E-state index contributed by atoms with van der Waals surface area (Å²) in [4.78, 5) is 13.8. The number of carbonyl (C=O) groups is 1.